The summed E-state index contributed by atoms with van der Waals surface area (Å²) in [5, 5.41) is 0. The average Bonchev–Trinajstić information content (AvgIpc) is 2.72. The molecular formula is C20H44O6S6Si. The SMILES string of the molecule is CCCSCC[Si](CCSCCC)(CCSCCCS(=O)(=O)O)CCSCCCS(=O)(=O)O. The van der Waals surface area contributed by atoms with Gasteiger partial charge in [-0.25, -0.2) is 0 Å². The van der Waals surface area contributed by atoms with Crippen molar-refractivity contribution in [3.8, 4) is 0 Å². The van der Waals surface area contributed by atoms with Gasteiger partial charge in [0.15, 0.2) is 0 Å². The Kier molecular flexibility index (Phi) is 21.4. The third kappa shape index (κ3) is 23.6. The van der Waals surface area contributed by atoms with Gasteiger partial charge in [0, 0.05) is 0 Å². The fraction of sp³-hybridized carbons (Fsp3) is 1.00. The maximum Gasteiger partial charge on any atom is 0.264 e. The molecule has 0 amide bonds. The van der Waals surface area contributed by atoms with Crippen LogP contribution in [0.5, 0.6) is 0 Å². The molecule has 0 rings (SSSR count). The van der Waals surface area contributed by atoms with Gasteiger partial charge in [-0.05, 0) is 95.9 Å². The summed E-state index contributed by atoms with van der Waals surface area (Å²) in [4.78, 5) is 0. The fourth-order valence-corrected chi connectivity index (χ4v) is 17.5. The molecule has 0 aromatic carbocycles. The van der Waals surface area contributed by atoms with E-state index < -0.39 is 28.3 Å². The highest BCUT2D eigenvalue weighted by Gasteiger charge is 2.31. The minimum absolute atomic E-state index is 0.163. The summed E-state index contributed by atoms with van der Waals surface area (Å²) >= 11 is 7.70. The van der Waals surface area contributed by atoms with Crippen LogP contribution in [0.2, 0.25) is 24.2 Å². The molecule has 0 saturated carbocycles. The van der Waals surface area contributed by atoms with E-state index in [1.54, 1.807) is 23.5 Å². The van der Waals surface area contributed by atoms with Crippen LogP contribution in [0.4, 0.5) is 0 Å². The monoisotopic (exact) mass is 600 g/mol. The normalized spacial score (nSPS) is 13.0. The van der Waals surface area contributed by atoms with Gasteiger partial charge < -0.3 is 0 Å². The summed E-state index contributed by atoms with van der Waals surface area (Å²) in [5.74, 6) is 8.08. The van der Waals surface area contributed by atoms with Gasteiger partial charge in [-0.2, -0.15) is 63.9 Å². The molecule has 0 unspecified atom stereocenters. The molecule has 33 heavy (non-hydrogen) atoms. The van der Waals surface area contributed by atoms with Crippen molar-refractivity contribution in [3.05, 3.63) is 0 Å². The van der Waals surface area contributed by atoms with Crippen LogP contribution in [0.25, 0.3) is 0 Å². The second kappa shape index (κ2) is 20.5. The van der Waals surface area contributed by atoms with Crippen LogP contribution in [0, 0.1) is 0 Å². The van der Waals surface area contributed by atoms with Gasteiger partial charge in [0.1, 0.15) is 0 Å². The van der Waals surface area contributed by atoms with Crippen molar-refractivity contribution < 1.29 is 25.9 Å². The molecule has 200 valence electrons. The van der Waals surface area contributed by atoms with Gasteiger partial charge in [-0.15, -0.1) is 0 Å². The number of thioether (sulfide) groups is 4. The van der Waals surface area contributed by atoms with Gasteiger partial charge in [-0.1, -0.05) is 13.8 Å². The Labute approximate surface area is 221 Å². The zero-order valence-corrected chi connectivity index (χ0v) is 26.1. The molecule has 13 heteroatoms. The van der Waals surface area contributed by atoms with Crippen LogP contribution >= 0.6 is 47.0 Å². The fourth-order valence-electron chi connectivity index (χ4n) is 3.29. The predicted octanol–water partition coefficient (Wildman–Crippen LogP) is 5.74. The van der Waals surface area contributed by atoms with Crippen LogP contribution < -0.4 is 0 Å². The third-order valence-electron chi connectivity index (χ3n) is 5.19. The first-order valence-electron chi connectivity index (χ1n) is 11.7. The Morgan fingerprint density at radius 1 is 0.545 bits per heavy atom. The van der Waals surface area contributed by atoms with E-state index >= 15 is 0 Å². The smallest absolute Gasteiger partial charge is 0.264 e. The Hall–Kier alpha value is 1.44. The van der Waals surface area contributed by atoms with E-state index in [1.165, 1.54) is 60.0 Å². The minimum Gasteiger partial charge on any atom is -0.286 e. The predicted molar refractivity (Wildman–Crippen MR) is 157 cm³/mol. The van der Waals surface area contributed by atoms with Crippen molar-refractivity contribution >= 4 is 75.4 Å². The van der Waals surface area contributed by atoms with E-state index in [9.17, 15) is 16.8 Å². The topological polar surface area (TPSA) is 109 Å². The zero-order chi connectivity index (χ0) is 25.1. The van der Waals surface area contributed by atoms with E-state index in [0.717, 1.165) is 23.0 Å². The molecule has 0 fully saturated rings. The Bertz CT molecular complexity index is 617. The number of rotatable bonds is 24. The third-order valence-corrected chi connectivity index (χ3v) is 18.0. The molecule has 0 aliphatic heterocycles. The van der Waals surface area contributed by atoms with E-state index in [1.807, 2.05) is 23.5 Å². The van der Waals surface area contributed by atoms with Crippen LogP contribution in [-0.4, -0.2) is 91.5 Å². The first-order valence-corrected chi connectivity index (χ1v) is 22.4. The van der Waals surface area contributed by atoms with Gasteiger partial charge in [-0.3, -0.25) is 9.11 Å². The lowest BCUT2D eigenvalue weighted by Gasteiger charge is -2.32. The summed E-state index contributed by atoms with van der Waals surface area (Å²) in [5.41, 5.74) is 0. The standard InChI is InChI=1S/C20H44O6S6Si/c1-3-7-27-11-17-33(18-12-28-8-4-2,19-13-29-9-5-15-31(21,22)23)20-14-30-10-6-16-32(24,25)26/h3-20H2,1-2H3,(H,21,22,23)(H,24,25,26). The van der Waals surface area contributed by atoms with Crippen molar-refractivity contribution in [2.24, 2.45) is 0 Å². The molecule has 0 saturated heterocycles. The summed E-state index contributed by atoms with van der Waals surface area (Å²) in [6.45, 7) is 4.43. The van der Waals surface area contributed by atoms with Crippen molar-refractivity contribution in [2.45, 2.75) is 63.7 Å². The lowest BCUT2D eigenvalue weighted by atomic mass is 10.6. The second-order valence-electron chi connectivity index (χ2n) is 8.23. The van der Waals surface area contributed by atoms with Crippen molar-refractivity contribution in [1.82, 2.24) is 0 Å². The molecule has 0 aliphatic carbocycles. The number of hydrogen-bond donors (Lipinski definition) is 2. The Morgan fingerprint density at radius 3 is 1.12 bits per heavy atom. The number of hydrogen-bond acceptors (Lipinski definition) is 8. The van der Waals surface area contributed by atoms with Crippen LogP contribution in [0.1, 0.15) is 39.5 Å². The quantitative estimate of drug-likeness (QED) is 0.0808. The van der Waals surface area contributed by atoms with Crippen molar-refractivity contribution in [3.63, 3.8) is 0 Å². The molecule has 0 aromatic heterocycles. The Morgan fingerprint density at radius 2 is 0.848 bits per heavy atom. The van der Waals surface area contributed by atoms with Gasteiger partial charge in [0.25, 0.3) is 20.2 Å². The lowest BCUT2D eigenvalue weighted by Crippen LogP contribution is -2.37. The van der Waals surface area contributed by atoms with Crippen molar-refractivity contribution in [2.75, 3.05) is 57.5 Å². The first kappa shape index (κ1) is 34.4. The van der Waals surface area contributed by atoms with Gasteiger partial charge >= 0.3 is 0 Å². The highest BCUT2D eigenvalue weighted by Crippen LogP contribution is 2.32. The highest BCUT2D eigenvalue weighted by atomic mass is 32.2. The van der Waals surface area contributed by atoms with E-state index in [-0.39, 0.29) is 11.5 Å². The summed E-state index contributed by atoms with van der Waals surface area (Å²) in [6.07, 6.45) is 3.36. The maximum atomic E-state index is 10.9. The summed E-state index contributed by atoms with van der Waals surface area (Å²) < 4.78 is 61.5. The van der Waals surface area contributed by atoms with E-state index in [4.69, 9.17) is 9.11 Å². The van der Waals surface area contributed by atoms with E-state index in [2.05, 4.69) is 13.8 Å². The van der Waals surface area contributed by atoms with Gasteiger partial charge in [0.05, 0.1) is 19.6 Å². The van der Waals surface area contributed by atoms with Crippen LogP contribution in [-0.2, 0) is 20.2 Å². The average molecular weight is 601 g/mol. The molecule has 0 spiro atoms. The molecule has 2 N–H and O–H groups in total. The summed E-state index contributed by atoms with van der Waals surface area (Å²) in [7, 11) is -9.25. The van der Waals surface area contributed by atoms with Gasteiger partial charge in [0.2, 0.25) is 0 Å². The van der Waals surface area contributed by atoms with Crippen LogP contribution in [0.3, 0.4) is 0 Å². The largest absolute Gasteiger partial charge is 0.286 e. The molecule has 0 heterocycles. The first-order chi connectivity index (χ1) is 15.5. The zero-order valence-electron chi connectivity index (χ0n) is 20.2. The molecule has 0 aromatic rings. The van der Waals surface area contributed by atoms with E-state index in [0.29, 0.717) is 12.8 Å². The second-order valence-corrected chi connectivity index (χ2v) is 21.3. The highest BCUT2D eigenvalue weighted by molar-refractivity contribution is 8.00. The molecule has 0 aliphatic rings. The Balaban J connectivity index is 4.82. The molecule has 0 atom stereocenters. The maximum absolute atomic E-state index is 10.9. The summed E-state index contributed by atoms with van der Waals surface area (Å²) in [6, 6.07) is 5.08. The van der Waals surface area contributed by atoms with Crippen LogP contribution in [0.15, 0.2) is 0 Å². The lowest BCUT2D eigenvalue weighted by molar-refractivity contribution is 0.480. The minimum atomic E-state index is -3.87. The molecule has 0 bridgehead atoms. The molecular weight excluding hydrogens is 557 g/mol. The molecule has 6 nitrogen and oxygen atoms in total. The molecule has 0 radical (unpaired) electrons. The van der Waals surface area contributed by atoms with Crippen molar-refractivity contribution in [1.29, 1.82) is 0 Å².